The molecule has 0 saturated carbocycles. The summed E-state index contributed by atoms with van der Waals surface area (Å²) in [5.41, 5.74) is 13.2. The average molecular weight is 1240 g/mol. The van der Waals surface area contributed by atoms with Crippen LogP contribution in [0, 0.1) is 41.5 Å². The van der Waals surface area contributed by atoms with Gasteiger partial charge in [-0.1, -0.05) is 106 Å². The SMILES string of the molecule is CCOC(=O)COc1c2cc(C)cc1Cc1cc(C)cc(c1OCC(=O)OCC)Cc1cc(C)cc(c1OCC(=O)OCC)Cc1cc(C)cc(c1OCC(=O)OCC)Cc1cc(C)cc(c1OCC(=O)OCC)Cc1cc(C)cc(c1OCC(=O)OCC)C2. The van der Waals surface area contributed by atoms with E-state index in [9.17, 15) is 28.8 Å². The van der Waals surface area contributed by atoms with E-state index in [0.29, 0.717) is 101 Å². The predicted molar refractivity (Wildman–Crippen MR) is 337 cm³/mol. The standard InChI is InChI=1S/C72H84O18/c1-13-79-61(73)37-85-67-49-19-43(7)20-50(67)32-52-22-45(9)24-54(69(52)87-39-63(75)81-15-3)34-56-26-47(11)28-58(71(56)89-41-65(77)83-17-5)36-60-30-48(12)29-59(72(60)90-42-66(78)84-18-6)35-57-27-46(10)25-55(70(57)88-40-64(76)82-16-4)33-53-23-44(8)21-51(31-49)68(53)86-38-62(74)80-14-2/h19-30H,13-18,31-42H2,1-12H3. The van der Waals surface area contributed by atoms with Gasteiger partial charge in [0.15, 0.2) is 39.6 Å². The van der Waals surface area contributed by atoms with Gasteiger partial charge in [0.2, 0.25) is 0 Å². The van der Waals surface area contributed by atoms with Crippen molar-refractivity contribution in [2.24, 2.45) is 0 Å². The molecule has 90 heavy (non-hydrogen) atoms. The maximum atomic E-state index is 13.3. The van der Waals surface area contributed by atoms with E-state index < -0.39 is 75.5 Å². The highest BCUT2D eigenvalue weighted by Gasteiger charge is 2.27. The summed E-state index contributed by atoms with van der Waals surface area (Å²) in [5.74, 6) is -1.14. The molecule has 480 valence electrons. The van der Waals surface area contributed by atoms with Crippen LogP contribution in [-0.4, -0.2) is 115 Å². The van der Waals surface area contributed by atoms with Crippen LogP contribution in [0.1, 0.15) is 142 Å². The molecule has 7 rings (SSSR count). The fourth-order valence-electron chi connectivity index (χ4n) is 11.5. The first-order valence-electron chi connectivity index (χ1n) is 30.7. The molecule has 0 N–H and O–H groups in total. The Morgan fingerprint density at radius 1 is 0.233 bits per heavy atom. The van der Waals surface area contributed by atoms with Crippen LogP contribution >= 0.6 is 0 Å². The van der Waals surface area contributed by atoms with Crippen molar-refractivity contribution in [3.8, 4) is 34.5 Å². The zero-order chi connectivity index (χ0) is 65.0. The van der Waals surface area contributed by atoms with Crippen LogP contribution in [0.4, 0.5) is 0 Å². The molecule has 12 bridgehead atoms. The van der Waals surface area contributed by atoms with E-state index in [0.717, 1.165) is 33.4 Å². The maximum absolute atomic E-state index is 13.3. The minimum absolute atomic E-state index is 0.130. The first-order chi connectivity index (χ1) is 43.2. The van der Waals surface area contributed by atoms with Gasteiger partial charge in [-0.25, -0.2) is 28.8 Å². The number of esters is 6. The Bertz CT molecular complexity index is 2840. The zero-order valence-corrected chi connectivity index (χ0v) is 54.0. The summed E-state index contributed by atoms with van der Waals surface area (Å²) in [4.78, 5) is 79.8. The normalized spacial score (nSPS) is 11.9. The van der Waals surface area contributed by atoms with Gasteiger partial charge in [-0.3, -0.25) is 0 Å². The Morgan fingerprint density at radius 3 is 0.444 bits per heavy atom. The number of hydrogen-bond acceptors (Lipinski definition) is 18. The molecule has 1 aliphatic carbocycles. The topological polar surface area (TPSA) is 213 Å². The Balaban J connectivity index is 1.60. The van der Waals surface area contributed by atoms with Crippen molar-refractivity contribution in [2.75, 3.05) is 79.3 Å². The maximum Gasteiger partial charge on any atom is 0.344 e. The van der Waals surface area contributed by atoms with E-state index in [2.05, 4.69) is 0 Å². The van der Waals surface area contributed by atoms with E-state index >= 15 is 0 Å². The van der Waals surface area contributed by atoms with Crippen LogP contribution < -0.4 is 28.4 Å². The van der Waals surface area contributed by atoms with Crippen molar-refractivity contribution in [3.05, 3.63) is 173 Å². The summed E-state index contributed by atoms with van der Waals surface area (Å²) in [6.45, 7) is 20.3. The first kappa shape index (κ1) is 68.4. The second-order valence-electron chi connectivity index (χ2n) is 22.1. The van der Waals surface area contributed by atoms with Gasteiger partial charge in [-0.05, 0) is 150 Å². The lowest BCUT2D eigenvalue weighted by molar-refractivity contribution is -0.146. The lowest BCUT2D eigenvalue weighted by atomic mass is 9.88. The van der Waals surface area contributed by atoms with Crippen LogP contribution in [-0.2, 0) is 95.7 Å². The van der Waals surface area contributed by atoms with Crippen molar-refractivity contribution in [2.45, 2.75) is 122 Å². The summed E-state index contributed by atoms with van der Waals surface area (Å²) < 4.78 is 72.0. The number of rotatable bonds is 24. The Kier molecular flexibility index (Phi) is 25.1. The van der Waals surface area contributed by atoms with Gasteiger partial charge < -0.3 is 56.8 Å². The number of hydrogen-bond donors (Lipinski definition) is 0. The third-order valence-corrected chi connectivity index (χ3v) is 14.4. The van der Waals surface area contributed by atoms with Crippen molar-refractivity contribution >= 4 is 35.8 Å². The lowest BCUT2D eigenvalue weighted by Gasteiger charge is -2.24. The van der Waals surface area contributed by atoms with E-state index in [1.54, 1.807) is 41.5 Å². The molecule has 0 aliphatic heterocycles. The molecule has 6 aromatic carbocycles. The number of carbonyl (C=O) groups excluding carboxylic acids is 6. The lowest BCUT2D eigenvalue weighted by Crippen LogP contribution is -2.18. The highest BCUT2D eigenvalue weighted by molar-refractivity contribution is 5.74. The Labute approximate surface area is 527 Å². The third kappa shape index (κ3) is 19.0. The Morgan fingerprint density at radius 2 is 0.344 bits per heavy atom. The molecule has 0 unspecified atom stereocenters. The molecule has 0 saturated heterocycles. The summed E-state index contributed by atoms with van der Waals surface area (Å²) in [5, 5.41) is 0. The number of benzene rings is 6. The number of aryl methyl sites for hydroxylation is 6. The van der Waals surface area contributed by atoms with Crippen molar-refractivity contribution in [1.29, 1.82) is 0 Å². The quantitative estimate of drug-likeness (QED) is 0.0406. The van der Waals surface area contributed by atoms with Gasteiger partial charge in [0.05, 0.1) is 39.6 Å². The minimum Gasteiger partial charge on any atom is -0.481 e. The fourth-order valence-corrected chi connectivity index (χ4v) is 11.5. The molecule has 0 atom stereocenters. The van der Waals surface area contributed by atoms with Crippen LogP contribution in [0.2, 0.25) is 0 Å². The molecule has 0 aromatic heterocycles. The van der Waals surface area contributed by atoms with E-state index in [1.807, 2.05) is 114 Å². The molecule has 0 heterocycles. The second-order valence-corrected chi connectivity index (χ2v) is 22.1. The molecular formula is C72H84O18. The number of fused-ring (bicyclic) bond motifs is 12. The van der Waals surface area contributed by atoms with E-state index in [4.69, 9.17) is 56.8 Å². The highest BCUT2D eigenvalue weighted by Crippen LogP contribution is 2.42. The second kappa shape index (κ2) is 33.0. The molecule has 0 radical (unpaired) electrons. The molecule has 0 fully saturated rings. The van der Waals surface area contributed by atoms with Crippen LogP contribution in [0.25, 0.3) is 0 Å². The zero-order valence-electron chi connectivity index (χ0n) is 54.0. The van der Waals surface area contributed by atoms with Crippen LogP contribution in [0.15, 0.2) is 72.8 Å². The van der Waals surface area contributed by atoms with Crippen molar-refractivity contribution in [3.63, 3.8) is 0 Å². The van der Waals surface area contributed by atoms with Gasteiger partial charge in [0, 0.05) is 38.5 Å². The van der Waals surface area contributed by atoms with Crippen LogP contribution in [0.5, 0.6) is 34.5 Å². The van der Waals surface area contributed by atoms with Gasteiger partial charge in [-0.15, -0.1) is 0 Å². The van der Waals surface area contributed by atoms with Crippen molar-refractivity contribution in [1.82, 2.24) is 0 Å². The molecule has 18 nitrogen and oxygen atoms in total. The molecule has 6 aromatic rings. The first-order valence-corrected chi connectivity index (χ1v) is 30.7. The van der Waals surface area contributed by atoms with Gasteiger partial charge in [-0.2, -0.15) is 0 Å². The fraction of sp³-hybridized carbons (Fsp3) is 0.417. The number of carbonyl (C=O) groups is 6. The summed E-state index contributed by atoms with van der Waals surface area (Å²) in [6, 6.07) is 23.8. The third-order valence-electron chi connectivity index (χ3n) is 14.4. The summed E-state index contributed by atoms with van der Waals surface area (Å²) in [6.07, 6.45) is 1.03. The highest BCUT2D eigenvalue weighted by atomic mass is 16.6. The average Bonchev–Trinajstić information content (AvgIpc) is 3.25. The smallest absolute Gasteiger partial charge is 0.344 e. The van der Waals surface area contributed by atoms with Crippen molar-refractivity contribution < 1.29 is 85.6 Å². The molecule has 18 heteroatoms. The van der Waals surface area contributed by atoms with Gasteiger partial charge in [0.25, 0.3) is 0 Å². The largest absolute Gasteiger partial charge is 0.481 e. The molecular weight excluding hydrogens is 1150 g/mol. The van der Waals surface area contributed by atoms with Crippen LogP contribution in [0.3, 0.4) is 0 Å². The summed E-state index contributed by atoms with van der Waals surface area (Å²) in [7, 11) is 0. The predicted octanol–water partition coefficient (Wildman–Crippen LogP) is 11.0. The van der Waals surface area contributed by atoms with Gasteiger partial charge >= 0.3 is 35.8 Å². The molecule has 0 spiro atoms. The monoisotopic (exact) mass is 1240 g/mol. The minimum atomic E-state index is -0.581. The molecule has 1 aliphatic rings. The summed E-state index contributed by atoms with van der Waals surface area (Å²) >= 11 is 0. The van der Waals surface area contributed by atoms with E-state index in [1.165, 1.54) is 0 Å². The van der Waals surface area contributed by atoms with E-state index in [-0.39, 0.29) is 78.2 Å². The van der Waals surface area contributed by atoms with Gasteiger partial charge in [0.1, 0.15) is 34.5 Å². The molecule has 0 amide bonds. The Hall–Kier alpha value is -9.06. The number of ether oxygens (including phenoxy) is 12.